The molecule has 0 spiro atoms. The van der Waals surface area contributed by atoms with Gasteiger partial charge in [-0.3, -0.25) is 19.7 Å². The number of nitrogens with zero attached hydrogens (tertiary/aromatic N) is 1. The summed E-state index contributed by atoms with van der Waals surface area (Å²) in [5.74, 6) is 0.105. The first-order valence-corrected chi connectivity index (χ1v) is 6.19. The maximum absolute atomic E-state index is 10.2. The summed E-state index contributed by atoms with van der Waals surface area (Å²) in [6.07, 6.45) is 0.847. The molecule has 0 unspecified atom stereocenters. The van der Waals surface area contributed by atoms with E-state index < -0.39 is 0 Å². The molecule has 2 amide bonds. The van der Waals surface area contributed by atoms with Crippen molar-refractivity contribution >= 4 is 40.5 Å². The van der Waals surface area contributed by atoms with Gasteiger partial charge in [-0.1, -0.05) is 11.8 Å². The Balaban J connectivity index is 0.000000165. The lowest BCUT2D eigenvalue weighted by atomic mass is 10.4. The number of rotatable bonds is 1. The molecule has 0 aromatic carbocycles. The number of hydrogen-bond donors (Lipinski definition) is 1. The lowest BCUT2D eigenvalue weighted by Gasteiger charge is -1.77. The smallest absolute Gasteiger partial charge is 0.286 e. The number of imide groups is 1. The standard InChI is InChI=1S/C6H7NOS.C3H3NO2S/c1-4-6(3-8)9-5(2)7-4;5-2-1-7-3(6)4-2/h3H,1-2H3;1H2,(H,4,5,6). The summed E-state index contributed by atoms with van der Waals surface area (Å²) in [5.41, 5.74) is 0.840. The van der Waals surface area contributed by atoms with Crippen LogP contribution in [0.4, 0.5) is 4.79 Å². The zero-order valence-corrected chi connectivity index (χ0v) is 10.4. The molecule has 2 rings (SSSR count). The number of nitrogens with one attached hydrogen (secondary N) is 1. The second kappa shape index (κ2) is 5.76. The number of thioether (sulfide) groups is 1. The molecule has 1 aliphatic heterocycles. The largest absolute Gasteiger partial charge is 0.297 e. The fourth-order valence-corrected chi connectivity index (χ4v) is 2.24. The molecule has 0 atom stereocenters. The molecular formula is C9H10N2O3S2. The van der Waals surface area contributed by atoms with Crippen LogP contribution in [-0.2, 0) is 4.79 Å². The third-order valence-corrected chi connectivity index (χ3v) is 3.39. The minimum absolute atomic E-state index is 0.185. The zero-order valence-electron chi connectivity index (χ0n) is 8.77. The third-order valence-electron chi connectivity index (χ3n) is 1.62. The van der Waals surface area contributed by atoms with E-state index >= 15 is 0 Å². The SMILES string of the molecule is Cc1nc(C)c(C=O)s1.O=C1CSC(=O)N1. The molecule has 2 heterocycles. The van der Waals surface area contributed by atoms with Crippen LogP contribution in [0.3, 0.4) is 0 Å². The van der Waals surface area contributed by atoms with Gasteiger partial charge < -0.3 is 0 Å². The Morgan fingerprint density at radius 1 is 1.38 bits per heavy atom. The Morgan fingerprint density at radius 3 is 2.25 bits per heavy atom. The molecule has 16 heavy (non-hydrogen) atoms. The second-order valence-corrected chi connectivity index (χ2v) is 5.11. The summed E-state index contributed by atoms with van der Waals surface area (Å²) in [6, 6.07) is 0. The van der Waals surface area contributed by atoms with E-state index in [1.54, 1.807) is 0 Å². The maximum Gasteiger partial charge on any atom is 0.286 e. The Labute approximate surface area is 101 Å². The summed E-state index contributed by atoms with van der Waals surface area (Å²) >= 11 is 2.44. The number of hydrogen-bond acceptors (Lipinski definition) is 6. The highest BCUT2D eigenvalue weighted by Gasteiger charge is 2.16. The fraction of sp³-hybridized carbons (Fsp3) is 0.333. The molecule has 1 saturated heterocycles. The number of carbonyl (C=O) groups is 3. The maximum atomic E-state index is 10.2. The quantitative estimate of drug-likeness (QED) is 0.773. The Morgan fingerprint density at radius 2 is 2.06 bits per heavy atom. The predicted octanol–water partition coefficient (Wildman–Crippen LogP) is 1.54. The molecule has 1 aliphatic rings. The van der Waals surface area contributed by atoms with Crippen molar-refractivity contribution in [1.82, 2.24) is 10.3 Å². The average molecular weight is 258 g/mol. The van der Waals surface area contributed by atoms with Gasteiger partial charge >= 0.3 is 0 Å². The van der Waals surface area contributed by atoms with Crippen LogP contribution in [0.2, 0.25) is 0 Å². The number of aryl methyl sites for hydroxylation is 2. The van der Waals surface area contributed by atoms with Crippen LogP contribution < -0.4 is 5.32 Å². The summed E-state index contributed by atoms with van der Waals surface area (Å²) in [6.45, 7) is 3.73. The number of aromatic nitrogens is 1. The van der Waals surface area contributed by atoms with Crippen molar-refractivity contribution in [1.29, 1.82) is 0 Å². The first-order chi connectivity index (χ1) is 7.52. The first kappa shape index (κ1) is 12.9. The molecule has 7 heteroatoms. The van der Waals surface area contributed by atoms with Crippen molar-refractivity contribution in [2.75, 3.05) is 5.75 Å². The molecule has 1 aromatic rings. The van der Waals surface area contributed by atoms with Crippen LogP contribution in [0, 0.1) is 13.8 Å². The normalized spacial score (nSPS) is 14.1. The lowest BCUT2D eigenvalue weighted by Crippen LogP contribution is -2.18. The van der Waals surface area contributed by atoms with E-state index in [0.717, 1.165) is 33.6 Å². The Hall–Kier alpha value is -1.21. The molecular weight excluding hydrogens is 248 g/mol. The molecule has 0 aliphatic carbocycles. The first-order valence-electron chi connectivity index (χ1n) is 4.38. The Kier molecular flexibility index (Phi) is 4.63. The van der Waals surface area contributed by atoms with E-state index in [-0.39, 0.29) is 11.1 Å². The molecule has 0 radical (unpaired) electrons. The second-order valence-electron chi connectivity index (χ2n) is 2.92. The molecule has 1 N–H and O–H groups in total. The minimum Gasteiger partial charge on any atom is -0.297 e. The van der Waals surface area contributed by atoms with Gasteiger partial charge in [0.1, 0.15) is 0 Å². The van der Waals surface area contributed by atoms with Crippen LogP contribution in [-0.4, -0.2) is 28.2 Å². The van der Waals surface area contributed by atoms with Gasteiger partial charge in [-0.15, -0.1) is 11.3 Å². The summed E-state index contributed by atoms with van der Waals surface area (Å²) in [4.78, 5) is 35.2. The lowest BCUT2D eigenvalue weighted by molar-refractivity contribution is -0.117. The topological polar surface area (TPSA) is 76.1 Å². The van der Waals surface area contributed by atoms with Crippen LogP contribution in [0.25, 0.3) is 0 Å². The van der Waals surface area contributed by atoms with E-state index in [1.807, 2.05) is 13.8 Å². The highest BCUT2D eigenvalue weighted by Crippen LogP contribution is 2.13. The van der Waals surface area contributed by atoms with Crippen molar-refractivity contribution in [2.45, 2.75) is 13.8 Å². The van der Waals surface area contributed by atoms with Gasteiger partial charge in [0, 0.05) is 0 Å². The van der Waals surface area contributed by atoms with Gasteiger partial charge in [0.15, 0.2) is 6.29 Å². The van der Waals surface area contributed by atoms with Crippen molar-refractivity contribution in [3.63, 3.8) is 0 Å². The van der Waals surface area contributed by atoms with Gasteiger partial charge in [-0.05, 0) is 13.8 Å². The van der Waals surface area contributed by atoms with Crippen molar-refractivity contribution < 1.29 is 14.4 Å². The average Bonchev–Trinajstić information content (AvgIpc) is 2.73. The number of amides is 2. The van der Waals surface area contributed by atoms with E-state index in [2.05, 4.69) is 10.3 Å². The van der Waals surface area contributed by atoms with Crippen LogP contribution in [0.1, 0.15) is 20.4 Å². The molecule has 0 saturated carbocycles. The summed E-state index contributed by atoms with van der Waals surface area (Å²) in [7, 11) is 0. The Bertz CT molecular complexity index is 414. The predicted molar refractivity (Wildman–Crippen MR) is 63.0 cm³/mol. The summed E-state index contributed by atoms with van der Waals surface area (Å²) < 4.78 is 0. The van der Waals surface area contributed by atoms with Crippen LogP contribution >= 0.6 is 23.1 Å². The third kappa shape index (κ3) is 3.74. The van der Waals surface area contributed by atoms with Crippen LogP contribution in [0.5, 0.6) is 0 Å². The van der Waals surface area contributed by atoms with Gasteiger partial charge in [0.2, 0.25) is 5.91 Å². The molecule has 1 aromatic heterocycles. The van der Waals surface area contributed by atoms with E-state index in [4.69, 9.17) is 0 Å². The van der Waals surface area contributed by atoms with Crippen molar-refractivity contribution in [3.8, 4) is 0 Å². The monoisotopic (exact) mass is 258 g/mol. The highest BCUT2D eigenvalue weighted by atomic mass is 32.2. The van der Waals surface area contributed by atoms with Crippen molar-refractivity contribution in [3.05, 3.63) is 15.6 Å². The number of thiazole rings is 1. The van der Waals surface area contributed by atoms with E-state index in [0.29, 0.717) is 5.75 Å². The van der Waals surface area contributed by atoms with Gasteiger partial charge in [-0.2, -0.15) is 0 Å². The van der Waals surface area contributed by atoms with E-state index in [9.17, 15) is 14.4 Å². The van der Waals surface area contributed by atoms with Crippen molar-refractivity contribution in [2.24, 2.45) is 0 Å². The molecule has 0 bridgehead atoms. The number of carbonyl (C=O) groups excluding carboxylic acids is 3. The fourth-order valence-electron chi connectivity index (χ4n) is 0.974. The summed E-state index contributed by atoms with van der Waals surface area (Å²) in [5, 5.41) is 2.82. The van der Waals surface area contributed by atoms with Gasteiger partial charge in [0.05, 0.1) is 21.3 Å². The number of aldehydes is 1. The molecule has 86 valence electrons. The van der Waals surface area contributed by atoms with Gasteiger partial charge in [0.25, 0.3) is 5.24 Å². The van der Waals surface area contributed by atoms with Gasteiger partial charge in [-0.25, -0.2) is 4.98 Å². The minimum atomic E-state index is -0.231. The van der Waals surface area contributed by atoms with E-state index in [1.165, 1.54) is 11.3 Å². The molecule has 5 nitrogen and oxygen atoms in total. The van der Waals surface area contributed by atoms with Crippen LogP contribution in [0.15, 0.2) is 0 Å². The highest BCUT2D eigenvalue weighted by molar-refractivity contribution is 8.14. The molecule has 1 fully saturated rings. The zero-order chi connectivity index (χ0) is 12.1.